The van der Waals surface area contributed by atoms with Crippen LogP contribution < -0.4 is 5.32 Å². The minimum Gasteiger partial charge on any atom is -0.465 e. The van der Waals surface area contributed by atoms with Crippen molar-refractivity contribution < 1.29 is 18.7 Å². The van der Waals surface area contributed by atoms with Crippen LogP contribution in [-0.2, 0) is 9.47 Å². The van der Waals surface area contributed by atoms with Crippen LogP contribution in [0.1, 0.15) is 10.4 Å². The first kappa shape index (κ1) is 14.7. The highest BCUT2D eigenvalue weighted by atomic mass is 19.1. The molecule has 1 aliphatic rings. The number of carbonyl (C=O) groups is 1. The molecule has 0 spiro atoms. The van der Waals surface area contributed by atoms with Gasteiger partial charge in [-0.2, -0.15) is 0 Å². The lowest BCUT2D eigenvalue weighted by Crippen LogP contribution is -2.39. The number of halogens is 1. The number of nitrogens with one attached hydrogen (secondary N) is 1. The van der Waals surface area contributed by atoms with Crippen LogP contribution in [0.25, 0.3) is 0 Å². The lowest BCUT2D eigenvalue weighted by molar-refractivity contribution is 0.0398. The molecule has 5 nitrogen and oxygen atoms in total. The Morgan fingerprint density at radius 2 is 2.20 bits per heavy atom. The van der Waals surface area contributed by atoms with Crippen molar-refractivity contribution in [1.82, 2.24) is 4.90 Å². The molecule has 20 heavy (non-hydrogen) atoms. The number of nitrogens with zero attached hydrogens (tertiary/aromatic N) is 1. The first-order valence-corrected chi connectivity index (χ1v) is 6.63. The third-order valence-electron chi connectivity index (χ3n) is 3.25. The van der Waals surface area contributed by atoms with Crippen molar-refractivity contribution >= 4 is 11.7 Å². The largest absolute Gasteiger partial charge is 0.465 e. The maximum atomic E-state index is 13.8. The van der Waals surface area contributed by atoms with Gasteiger partial charge in [-0.1, -0.05) is 6.07 Å². The van der Waals surface area contributed by atoms with Crippen LogP contribution in [0.15, 0.2) is 18.2 Å². The van der Waals surface area contributed by atoms with E-state index in [1.165, 1.54) is 19.2 Å². The quantitative estimate of drug-likeness (QED) is 0.826. The molecule has 1 N–H and O–H groups in total. The van der Waals surface area contributed by atoms with Crippen molar-refractivity contribution in [3.63, 3.8) is 0 Å². The lowest BCUT2D eigenvalue weighted by Gasteiger charge is -2.26. The monoisotopic (exact) mass is 282 g/mol. The number of hydrogen-bond donors (Lipinski definition) is 1. The zero-order valence-electron chi connectivity index (χ0n) is 11.5. The number of methoxy groups -OCH3 is 1. The molecular formula is C14H19FN2O3. The molecule has 110 valence electrons. The van der Waals surface area contributed by atoms with Gasteiger partial charge in [0.2, 0.25) is 0 Å². The number of anilines is 1. The second-order valence-corrected chi connectivity index (χ2v) is 4.53. The Kier molecular flexibility index (Phi) is 5.31. The second-order valence-electron chi connectivity index (χ2n) is 4.53. The average Bonchev–Trinajstić information content (AvgIpc) is 2.49. The zero-order valence-corrected chi connectivity index (χ0v) is 11.5. The molecule has 1 aliphatic heterocycles. The predicted octanol–water partition coefficient (Wildman–Crippen LogP) is 1.36. The van der Waals surface area contributed by atoms with E-state index in [4.69, 9.17) is 4.74 Å². The maximum Gasteiger partial charge on any atom is 0.340 e. The maximum absolute atomic E-state index is 13.8. The van der Waals surface area contributed by atoms with Gasteiger partial charge < -0.3 is 14.8 Å². The van der Waals surface area contributed by atoms with Gasteiger partial charge in [-0.05, 0) is 12.1 Å². The number of para-hydroxylation sites is 1. The van der Waals surface area contributed by atoms with Gasteiger partial charge in [0.1, 0.15) is 5.82 Å². The SMILES string of the molecule is COC(=O)c1cccc(F)c1NCCN1CCOCC1. The minimum absolute atomic E-state index is 0.201. The number of carbonyl (C=O) groups excluding carboxylic acids is 1. The van der Waals surface area contributed by atoms with Gasteiger partial charge in [0.15, 0.2) is 0 Å². The lowest BCUT2D eigenvalue weighted by atomic mass is 10.1. The molecule has 1 aromatic rings. The third-order valence-corrected chi connectivity index (χ3v) is 3.25. The van der Waals surface area contributed by atoms with Gasteiger partial charge in [0.25, 0.3) is 0 Å². The van der Waals surface area contributed by atoms with E-state index in [-0.39, 0.29) is 11.3 Å². The fourth-order valence-electron chi connectivity index (χ4n) is 2.15. The minimum atomic E-state index is -0.543. The van der Waals surface area contributed by atoms with Crippen LogP contribution in [-0.4, -0.2) is 57.4 Å². The first-order valence-electron chi connectivity index (χ1n) is 6.63. The van der Waals surface area contributed by atoms with Gasteiger partial charge in [0.05, 0.1) is 31.6 Å². The molecule has 0 saturated carbocycles. The molecule has 0 aliphatic carbocycles. The summed E-state index contributed by atoms with van der Waals surface area (Å²) in [5.74, 6) is -0.992. The number of hydrogen-bond acceptors (Lipinski definition) is 5. The summed E-state index contributed by atoms with van der Waals surface area (Å²) < 4.78 is 23.7. The van der Waals surface area contributed by atoms with Gasteiger partial charge in [-0.3, -0.25) is 4.90 Å². The molecule has 1 aromatic carbocycles. The fourth-order valence-corrected chi connectivity index (χ4v) is 2.15. The predicted molar refractivity (Wildman–Crippen MR) is 73.5 cm³/mol. The Balaban J connectivity index is 1.95. The molecule has 1 heterocycles. The molecule has 0 aromatic heterocycles. The number of esters is 1. The van der Waals surface area contributed by atoms with Crippen molar-refractivity contribution in [2.75, 3.05) is 51.8 Å². The summed E-state index contributed by atoms with van der Waals surface area (Å²) in [5.41, 5.74) is 0.419. The summed E-state index contributed by atoms with van der Waals surface area (Å²) in [7, 11) is 1.28. The van der Waals surface area contributed by atoms with Crippen LogP contribution in [0, 0.1) is 5.82 Å². The molecule has 0 bridgehead atoms. The van der Waals surface area contributed by atoms with Crippen LogP contribution in [0.4, 0.5) is 10.1 Å². The van der Waals surface area contributed by atoms with E-state index >= 15 is 0 Å². The van der Waals surface area contributed by atoms with E-state index in [9.17, 15) is 9.18 Å². The van der Waals surface area contributed by atoms with Gasteiger partial charge in [-0.15, -0.1) is 0 Å². The molecule has 6 heteroatoms. The normalized spacial score (nSPS) is 15.9. The van der Waals surface area contributed by atoms with E-state index in [1.54, 1.807) is 6.07 Å². The number of benzene rings is 1. The van der Waals surface area contributed by atoms with Crippen LogP contribution in [0.2, 0.25) is 0 Å². The van der Waals surface area contributed by atoms with E-state index in [2.05, 4.69) is 15.0 Å². The summed E-state index contributed by atoms with van der Waals surface area (Å²) in [6, 6.07) is 4.37. The molecule has 0 atom stereocenters. The fraction of sp³-hybridized carbons (Fsp3) is 0.500. The molecule has 0 unspecified atom stereocenters. The highest BCUT2D eigenvalue weighted by Gasteiger charge is 2.16. The van der Waals surface area contributed by atoms with Crippen LogP contribution >= 0.6 is 0 Å². The van der Waals surface area contributed by atoms with Crippen LogP contribution in [0.3, 0.4) is 0 Å². The van der Waals surface area contributed by atoms with Gasteiger partial charge >= 0.3 is 5.97 Å². The van der Waals surface area contributed by atoms with Crippen molar-refractivity contribution in [1.29, 1.82) is 0 Å². The van der Waals surface area contributed by atoms with Gasteiger partial charge in [-0.25, -0.2) is 9.18 Å². The van der Waals surface area contributed by atoms with E-state index in [0.29, 0.717) is 6.54 Å². The summed E-state index contributed by atoms with van der Waals surface area (Å²) >= 11 is 0. The third kappa shape index (κ3) is 3.68. The molecule has 1 saturated heterocycles. The second kappa shape index (κ2) is 7.21. The topological polar surface area (TPSA) is 50.8 Å². The summed E-state index contributed by atoms with van der Waals surface area (Å²) in [6.07, 6.45) is 0. The van der Waals surface area contributed by atoms with Gasteiger partial charge in [0, 0.05) is 26.2 Å². The number of rotatable bonds is 5. The Hall–Kier alpha value is -1.66. The Bertz CT molecular complexity index is 462. The van der Waals surface area contributed by atoms with Crippen molar-refractivity contribution in [2.24, 2.45) is 0 Å². The molecule has 0 radical (unpaired) electrons. The van der Waals surface area contributed by atoms with Crippen LogP contribution in [0.5, 0.6) is 0 Å². The summed E-state index contributed by atoms with van der Waals surface area (Å²) in [6.45, 7) is 4.55. The standard InChI is InChI=1S/C14H19FN2O3/c1-19-14(18)11-3-2-4-12(15)13(11)16-5-6-17-7-9-20-10-8-17/h2-4,16H,5-10H2,1H3. The molecule has 1 fully saturated rings. The van der Waals surface area contributed by atoms with Crippen molar-refractivity contribution in [2.45, 2.75) is 0 Å². The molecule has 2 rings (SSSR count). The average molecular weight is 282 g/mol. The Labute approximate surface area is 117 Å². The smallest absolute Gasteiger partial charge is 0.340 e. The summed E-state index contributed by atoms with van der Waals surface area (Å²) in [5, 5.41) is 2.99. The number of morpholine rings is 1. The van der Waals surface area contributed by atoms with E-state index in [1.807, 2.05) is 0 Å². The molecule has 0 amide bonds. The van der Waals surface area contributed by atoms with Crippen molar-refractivity contribution in [3.05, 3.63) is 29.6 Å². The Morgan fingerprint density at radius 3 is 2.90 bits per heavy atom. The van der Waals surface area contributed by atoms with E-state index in [0.717, 1.165) is 32.8 Å². The summed E-state index contributed by atoms with van der Waals surface area (Å²) in [4.78, 5) is 13.8. The first-order chi connectivity index (χ1) is 9.72. The highest BCUT2D eigenvalue weighted by molar-refractivity contribution is 5.95. The van der Waals surface area contributed by atoms with Crippen molar-refractivity contribution in [3.8, 4) is 0 Å². The highest BCUT2D eigenvalue weighted by Crippen LogP contribution is 2.20. The molecular weight excluding hydrogens is 263 g/mol. The zero-order chi connectivity index (χ0) is 14.4. The number of ether oxygens (including phenoxy) is 2. The Morgan fingerprint density at radius 1 is 1.45 bits per heavy atom. The van der Waals surface area contributed by atoms with E-state index < -0.39 is 11.8 Å².